The summed E-state index contributed by atoms with van der Waals surface area (Å²) in [5, 5.41) is 10.6. The number of rotatable bonds is 6. The third kappa shape index (κ3) is 3.97. The van der Waals surface area contributed by atoms with E-state index in [4.69, 9.17) is 5.11 Å². The maximum Gasteiger partial charge on any atom is 0.326 e. The first kappa shape index (κ1) is 14.9. The lowest BCUT2D eigenvalue weighted by Crippen LogP contribution is -2.43. The molecule has 1 unspecified atom stereocenters. The van der Waals surface area contributed by atoms with Crippen LogP contribution in [0.3, 0.4) is 0 Å². The van der Waals surface area contributed by atoms with Crippen LogP contribution in [0.2, 0.25) is 0 Å². The van der Waals surface area contributed by atoms with Crippen molar-refractivity contribution < 1.29 is 23.1 Å². The normalized spacial score (nSPS) is 18.5. The third-order valence-corrected chi connectivity index (χ3v) is 5.34. The van der Waals surface area contributed by atoms with E-state index in [2.05, 4.69) is 5.32 Å². The standard InChI is InChI=1S/C11H19NO5S/c1-2-9(11(14)15)12-10(13)7-18(16,17)8-5-3-4-6-8/h8-9H,2-7H2,1H3,(H,12,13)(H,14,15). The van der Waals surface area contributed by atoms with Gasteiger partial charge in [-0.25, -0.2) is 13.2 Å². The Labute approximate surface area is 107 Å². The van der Waals surface area contributed by atoms with Gasteiger partial charge in [-0.15, -0.1) is 0 Å². The molecule has 1 rings (SSSR count). The summed E-state index contributed by atoms with van der Waals surface area (Å²) in [7, 11) is -3.44. The molecule has 1 aliphatic carbocycles. The molecule has 18 heavy (non-hydrogen) atoms. The summed E-state index contributed by atoms with van der Waals surface area (Å²) >= 11 is 0. The molecule has 0 radical (unpaired) electrons. The molecule has 0 bridgehead atoms. The van der Waals surface area contributed by atoms with E-state index in [9.17, 15) is 18.0 Å². The van der Waals surface area contributed by atoms with Gasteiger partial charge in [0.2, 0.25) is 5.91 Å². The largest absolute Gasteiger partial charge is 0.480 e. The van der Waals surface area contributed by atoms with Crippen molar-refractivity contribution in [3.05, 3.63) is 0 Å². The number of aliphatic carboxylic acids is 1. The first-order chi connectivity index (χ1) is 8.36. The lowest BCUT2D eigenvalue weighted by molar-refractivity contribution is -0.141. The number of sulfone groups is 1. The zero-order valence-corrected chi connectivity index (χ0v) is 11.2. The van der Waals surface area contributed by atoms with Crippen LogP contribution >= 0.6 is 0 Å². The van der Waals surface area contributed by atoms with E-state index in [1.54, 1.807) is 6.92 Å². The Morgan fingerprint density at radius 1 is 1.33 bits per heavy atom. The number of carboxylic acid groups (broad SMARTS) is 1. The molecule has 0 heterocycles. The van der Waals surface area contributed by atoms with E-state index in [1.165, 1.54) is 0 Å². The fraction of sp³-hybridized carbons (Fsp3) is 0.818. The first-order valence-electron chi connectivity index (χ1n) is 6.10. The highest BCUT2D eigenvalue weighted by Gasteiger charge is 2.31. The van der Waals surface area contributed by atoms with Gasteiger partial charge in [0, 0.05) is 0 Å². The molecule has 1 amide bonds. The molecular formula is C11H19NO5S. The Morgan fingerprint density at radius 2 is 1.89 bits per heavy atom. The van der Waals surface area contributed by atoms with Crippen LogP contribution in [-0.4, -0.2) is 42.4 Å². The van der Waals surface area contributed by atoms with Crippen LogP contribution in [0.5, 0.6) is 0 Å². The highest BCUT2D eigenvalue weighted by Crippen LogP contribution is 2.25. The second-order valence-electron chi connectivity index (χ2n) is 4.58. The van der Waals surface area contributed by atoms with Crippen LogP contribution < -0.4 is 5.32 Å². The maximum absolute atomic E-state index is 11.9. The molecule has 0 aromatic rings. The van der Waals surface area contributed by atoms with Crippen molar-refractivity contribution in [3.8, 4) is 0 Å². The van der Waals surface area contributed by atoms with Crippen molar-refractivity contribution >= 4 is 21.7 Å². The van der Waals surface area contributed by atoms with E-state index in [-0.39, 0.29) is 6.42 Å². The van der Waals surface area contributed by atoms with E-state index in [0.717, 1.165) is 12.8 Å². The first-order valence-corrected chi connectivity index (χ1v) is 7.82. The zero-order valence-electron chi connectivity index (χ0n) is 10.4. The van der Waals surface area contributed by atoms with Crippen molar-refractivity contribution in [2.24, 2.45) is 0 Å². The molecule has 0 aromatic carbocycles. The average molecular weight is 277 g/mol. The monoisotopic (exact) mass is 277 g/mol. The summed E-state index contributed by atoms with van der Waals surface area (Å²) < 4.78 is 23.7. The highest BCUT2D eigenvalue weighted by molar-refractivity contribution is 7.92. The molecule has 1 fully saturated rings. The van der Waals surface area contributed by atoms with Crippen molar-refractivity contribution in [1.29, 1.82) is 0 Å². The number of amides is 1. The number of carboxylic acids is 1. The second-order valence-corrected chi connectivity index (χ2v) is 6.86. The predicted octanol–water partition coefficient (Wildman–Crippen LogP) is 0.323. The summed E-state index contributed by atoms with van der Waals surface area (Å²) in [4.78, 5) is 22.3. The minimum absolute atomic E-state index is 0.227. The van der Waals surface area contributed by atoms with E-state index >= 15 is 0 Å². The summed E-state index contributed by atoms with van der Waals surface area (Å²) in [5.41, 5.74) is 0. The summed E-state index contributed by atoms with van der Waals surface area (Å²) in [6.07, 6.45) is 3.18. The van der Waals surface area contributed by atoms with E-state index in [1.807, 2.05) is 0 Å². The van der Waals surface area contributed by atoms with Crippen LogP contribution in [0.1, 0.15) is 39.0 Å². The summed E-state index contributed by atoms with van der Waals surface area (Å²) in [6.45, 7) is 1.62. The molecule has 1 saturated carbocycles. The molecule has 1 atom stereocenters. The van der Waals surface area contributed by atoms with Gasteiger partial charge in [0.1, 0.15) is 11.8 Å². The Balaban J connectivity index is 2.56. The molecule has 1 aliphatic rings. The van der Waals surface area contributed by atoms with Gasteiger partial charge in [-0.1, -0.05) is 19.8 Å². The molecule has 2 N–H and O–H groups in total. The van der Waals surface area contributed by atoms with Gasteiger partial charge in [-0.2, -0.15) is 0 Å². The van der Waals surface area contributed by atoms with Crippen LogP contribution in [0.25, 0.3) is 0 Å². The Bertz CT molecular complexity index is 411. The quantitative estimate of drug-likeness (QED) is 0.728. The zero-order chi connectivity index (χ0) is 13.8. The molecule has 104 valence electrons. The van der Waals surface area contributed by atoms with Crippen LogP contribution in [0.4, 0.5) is 0 Å². The molecule has 0 aromatic heterocycles. The highest BCUT2D eigenvalue weighted by atomic mass is 32.2. The van der Waals surface area contributed by atoms with Gasteiger partial charge in [-0.3, -0.25) is 4.79 Å². The Morgan fingerprint density at radius 3 is 2.33 bits per heavy atom. The van der Waals surface area contributed by atoms with Crippen LogP contribution in [0, 0.1) is 0 Å². The number of hydrogen-bond acceptors (Lipinski definition) is 4. The van der Waals surface area contributed by atoms with E-state index in [0.29, 0.717) is 12.8 Å². The van der Waals surface area contributed by atoms with Gasteiger partial charge in [0.15, 0.2) is 9.84 Å². The molecule has 6 nitrogen and oxygen atoms in total. The number of nitrogens with one attached hydrogen (secondary N) is 1. The molecule has 0 spiro atoms. The Kier molecular flexibility index (Phi) is 5.13. The summed E-state index contributed by atoms with van der Waals surface area (Å²) in [5.74, 6) is -2.48. The summed E-state index contributed by atoms with van der Waals surface area (Å²) in [6, 6.07) is -1.02. The van der Waals surface area contributed by atoms with Crippen molar-refractivity contribution in [2.45, 2.75) is 50.3 Å². The fourth-order valence-corrected chi connectivity index (χ4v) is 3.86. The minimum atomic E-state index is -3.44. The maximum atomic E-state index is 11.9. The fourth-order valence-electron chi connectivity index (χ4n) is 2.12. The number of carbonyl (C=O) groups excluding carboxylic acids is 1. The molecule has 0 aliphatic heterocycles. The minimum Gasteiger partial charge on any atom is -0.480 e. The lowest BCUT2D eigenvalue weighted by Gasteiger charge is -2.14. The number of carbonyl (C=O) groups is 2. The molecule has 7 heteroatoms. The van der Waals surface area contributed by atoms with Gasteiger partial charge >= 0.3 is 5.97 Å². The lowest BCUT2D eigenvalue weighted by atomic mass is 10.2. The Hall–Kier alpha value is -1.11. The van der Waals surface area contributed by atoms with Crippen molar-refractivity contribution in [2.75, 3.05) is 5.75 Å². The molecule has 0 saturated heterocycles. The third-order valence-electron chi connectivity index (χ3n) is 3.18. The number of hydrogen-bond donors (Lipinski definition) is 2. The van der Waals surface area contributed by atoms with E-state index < -0.39 is 38.8 Å². The molecular weight excluding hydrogens is 258 g/mol. The van der Waals surface area contributed by atoms with Gasteiger partial charge < -0.3 is 10.4 Å². The second kappa shape index (κ2) is 6.17. The smallest absolute Gasteiger partial charge is 0.326 e. The van der Waals surface area contributed by atoms with Crippen molar-refractivity contribution in [1.82, 2.24) is 5.32 Å². The van der Waals surface area contributed by atoms with Gasteiger partial charge in [0.05, 0.1) is 5.25 Å². The predicted molar refractivity (Wildman–Crippen MR) is 65.9 cm³/mol. The van der Waals surface area contributed by atoms with Crippen LogP contribution in [0.15, 0.2) is 0 Å². The van der Waals surface area contributed by atoms with Crippen LogP contribution in [-0.2, 0) is 19.4 Å². The average Bonchev–Trinajstić information content (AvgIpc) is 2.78. The van der Waals surface area contributed by atoms with Crippen molar-refractivity contribution in [3.63, 3.8) is 0 Å². The van der Waals surface area contributed by atoms with Gasteiger partial charge in [-0.05, 0) is 19.3 Å². The topological polar surface area (TPSA) is 101 Å². The van der Waals surface area contributed by atoms with Gasteiger partial charge in [0.25, 0.3) is 0 Å². The SMILES string of the molecule is CCC(NC(=O)CS(=O)(=O)C1CCCC1)C(=O)O.